The van der Waals surface area contributed by atoms with Crippen molar-refractivity contribution in [3.8, 4) is 11.5 Å². The first-order valence-corrected chi connectivity index (χ1v) is 8.34. The number of nitrogens with zero attached hydrogens (tertiary/aromatic N) is 2. The van der Waals surface area contributed by atoms with Gasteiger partial charge in [-0.05, 0) is 24.1 Å². The number of benzene rings is 1. The van der Waals surface area contributed by atoms with Crippen molar-refractivity contribution in [1.82, 2.24) is 9.80 Å². The van der Waals surface area contributed by atoms with Crippen molar-refractivity contribution in [3.05, 3.63) is 23.8 Å². The van der Waals surface area contributed by atoms with Crippen molar-refractivity contribution in [2.75, 3.05) is 54.1 Å². The number of methoxy groups -OCH3 is 3. The van der Waals surface area contributed by atoms with Crippen molar-refractivity contribution >= 4 is 11.8 Å². The molecule has 1 aromatic rings. The van der Waals surface area contributed by atoms with E-state index in [-0.39, 0.29) is 18.4 Å². The summed E-state index contributed by atoms with van der Waals surface area (Å²) in [6.07, 6.45) is 1.07. The monoisotopic (exact) mass is 350 g/mol. The minimum Gasteiger partial charge on any atom is -0.493 e. The Bertz CT molecular complexity index is 597. The molecule has 0 bridgehead atoms. The zero-order valence-corrected chi connectivity index (χ0v) is 15.1. The van der Waals surface area contributed by atoms with Gasteiger partial charge in [0.15, 0.2) is 11.5 Å². The Morgan fingerprint density at radius 1 is 0.920 bits per heavy atom. The van der Waals surface area contributed by atoms with Crippen molar-refractivity contribution in [1.29, 1.82) is 0 Å². The van der Waals surface area contributed by atoms with Gasteiger partial charge in [-0.1, -0.05) is 6.07 Å². The second-order valence-corrected chi connectivity index (χ2v) is 5.88. The van der Waals surface area contributed by atoms with Gasteiger partial charge in [0, 0.05) is 39.7 Å². The average Bonchev–Trinajstić information content (AvgIpc) is 2.66. The van der Waals surface area contributed by atoms with Crippen molar-refractivity contribution in [3.63, 3.8) is 0 Å². The Balaban J connectivity index is 1.82. The molecule has 1 heterocycles. The molecule has 7 nitrogen and oxygen atoms in total. The van der Waals surface area contributed by atoms with Crippen molar-refractivity contribution in [2.24, 2.45) is 0 Å². The predicted molar refractivity (Wildman–Crippen MR) is 92.9 cm³/mol. The summed E-state index contributed by atoms with van der Waals surface area (Å²) >= 11 is 0. The van der Waals surface area contributed by atoms with E-state index in [1.54, 1.807) is 19.1 Å². The quantitative estimate of drug-likeness (QED) is 0.732. The number of aryl methyl sites for hydroxylation is 1. The first kappa shape index (κ1) is 19.1. The molecule has 0 saturated carbocycles. The van der Waals surface area contributed by atoms with Crippen molar-refractivity contribution < 1.29 is 23.8 Å². The topological polar surface area (TPSA) is 68.3 Å². The first-order valence-electron chi connectivity index (χ1n) is 8.34. The van der Waals surface area contributed by atoms with E-state index >= 15 is 0 Å². The molecule has 1 saturated heterocycles. The molecular formula is C18H26N2O5. The third-order valence-corrected chi connectivity index (χ3v) is 4.33. The lowest BCUT2D eigenvalue weighted by Crippen LogP contribution is -2.51. The Kier molecular flexibility index (Phi) is 7.06. The summed E-state index contributed by atoms with van der Waals surface area (Å²) in [6.45, 7) is 2.35. The Morgan fingerprint density at radius 2 is 1.52 bits per heavy atom. The highest BCUT2D eigenvalue weighted by atomic mass is 16.5. The van der Waals surface area contributed by atoms with Crippen molar-refractivity contribution in [2.45, 2.75) is 12.8 Å². The first-order chi connectivity index (χ1) is 12.1. The molecule has 2 rings (SSSR count). The summed E-state index contributed by atoms with van der Waals surface area (Å²) in [6, 6.07) is 5.68. The van der Waals surface area contributed by atoms with Crippen LogP contribution in [0.4, 0.5) is 0 Å². The third kappa shape index (κ3) is 5.09. The smallest absolute Gasteiger partial charge is 0.248 e. The molecule has 0 N–H and O–H groups in total. The fourth-order valence-corrected chi connectivity index (χ4v) is 2.87. The van der Waals surface area contributed by atoms with E-state index in [0.29, 0.717) is 50.5 Å². The molecule has 1 aliphatic rings. The zero-order valence-electron chi connectivity index (χ0n) is 15.1. The van der Waals surface area contributed by atoms with Gasteiger partial charge in [0.05, 0.1) is 14.2 Å². The van der Waals surface area contributed by atoms with Gasteiger partial charge in [-0.3, -0.25) is 9.59 Å². The molecule has 7 heteroatoms. The third-order valence-electron chi connectivity index (χ3n) is 4.33. The maximum Gasteiger partial charge on any atom is 0.248 e. The van der Waals surface area contributed by atoms with E-state index in [1.165, 1.54) is 7.11 Å². The van der Waals surface area contributed by atoms with E-state index in [9.17, 15) is 9.59 Å². The number of hydrogen-bond acceptors (Lipinski definition) is 5. The second kappa shape index (κ2) is 9.27. The summed E-state index contributed by atoms with van der Waals surface area (Å²) in [4.78, 5) is 27.7. The number of rotatable bonds is 7. The van der Waals surface area contributed by atoms with Crippen LogP contribution in [0.5, 0.6) is 11.5 Å². The van der Waals surface area contributed by atoms with Gasteiger partial charge in [-0.25, -0.2) is 0 Å². The summed E-state index contributed by atoms with van der Waals surface area (Å²) in [7, 11) is 4.70. The molecule has 0 radical (unpaired) electrons. The highest BCUT2D eigenvalue weighted by molar-refractivity contribution is 5.79. The molecule has 0 unspecified atom stereocenters. The van der Waals surface area contributed by atoms with Crippen LogP contribution in [0.2, 0.25) is 0 Å². The number of carbonyl (C=O) groups is 2. The molecule has 0 aromatic heterocycles. The lowest BCUT2D eigenvalue weighted by atomic mass is 10.1. The van der Waals surface area contributed by atoms with Crippen LogP contribution >= 0.6 is 0 Å². The maximum atomic E-state index is 12.4. The van der Waals surface area contributed by atoms with E-state index < -0.39 is 0 Å². The van der Waals surface area contributed by atoms with Crippen LogP contribution in [0.15, 0.2) is 18.2 Å². The minimum absolute atomic E-state index is 0.0278. The zero-order chi connectivity index (χ0) is 18.2. The number of ether oxygens (including phenoxy) is 3. The van der Waals surface area contributed by atoms with E-state index in [2.05, 4.69) is 0 Å². The normalized spacial score (nSPS) is 14.4. The van der Waals surface area contributed by atoms with Crippen LogP contribution < -0.4 is 9.47 Å². The number of carbonyl (C=O) groups excluding carboxylic acids is 2. The summed E-state index contributed by atoms with van der Waals surface area (Å²) in [5, 5.41) is 0. The van der Waals surface area contributed by atoms with Crippen LogP contribution in [0.25, 0.3) is 0 Å². The number of hydrogen-bond donors (Lipinski definition) is 0. The lowest BCUT2D eigenvalue weighted by Gasteiger charge is -2.34. The van der Waals surface area contributed by atoms with E-state index in [1.807, 2.05) is 23.1 Å². The van der Waals surface area contributed by atoms with Gasteiger partial charge in [-0.2, -0.15) is 0 Å². The standard InChI is InChI=1S/C18H26N2O5/c1-23-13-18(22)20-10-8-19(9-11-20)17(21)7-5-14-4-6-15(24-2)16(12-14)25-3/h4,6,12H,5,7-11,13H2,1-3H3. The molecule has 1 fully saturated rings. The molecule has 2 amide bonds. The average molecular weight is 350 g/mol. The summed E-state index contributed by atoms with van der Waals surface area (Å²) < 4.78 is 15.4. The van der Waals surface area contributed by atoms with E-state index in [4.69, 9.17) is 14.2 Å². The fourth-order valence-electron chi connectivity index (χ4n) is 2.87. The van der Waals surface area contributed by atoms with Crippen LogP contribution in [0, 0.1) is 0 Å². The van der Waals surface area contributed by atoms with Gasteiger partial charge in [-0.15, -0.1) is 0 Å². The van der Waals surface area contributed by atoms with Crippen LogP contribution in [-0.4, -0.2) is 75.7 Å². The van der Waals surface area contributed by atoms with Gasteiger partial charge in [0.1, 0.15) is 6.61 Å². The highest BCUT2D eigenvalue weighted by Gasteiger charge is 2.23. The van der Waals surface area contributed by atoms with Gasteiger partial charge in [0.25, 0.3) is 0 Å². The minimum atomic E-state index is -0.0278. The van der Waals surface area contributed by atoms with E-state index in [0.717, 1.165) is 5.56 Å². The summed E-state index contributed by atoms with van der Waals surface area (Å²) in [5.41, 5.74) is 1.03. The molecule has 0 atom stereocenters. The van der Waals surface area contributed by atoms with Gasteiger partial charge >= 0.3 is 0 Å². The largest absolute Gasteiger partial charge is 0.493 e. The Labute approximate surface area is 148 Å². The lowest BCUT2D eigenvalue weighted by molar-refractivity contribution is -0.141. The van der Waals surface area contributed by atoms with Crippen LogP contribution in [0.3, 0.4) is 0 Å². The van der Waals surface area contributed by atoms with Gasteiger partial charge in [0.2, 0.25) is 11.8 Å². The second-order valence-electron chi connectivity index (χ2n) is 5.88. The molecule has 1 aromatic carbocycles. The number of amides is 2. The predicted octanol–water partition coefficient (Wildman–Crippen LogP) is 0.954. The fraction of sp³-hybridized carbons (Fsp3) is 0.556. The Morgan fingerprint density at radius 3 is 2.08 bits per heavy atom. The molecule has 1 aliphatic heterocycles. The maximum absolute atomic E-state index is 12.4. The summed E-state index contributed by atoms with van der Waals surface area (Å²) in [5.74, 6) is 1.42. The molecule has 138 valence electrons. The SMILES string of the molecule is COCC(=O)N1CCN(C(=O)CCc2ccc(OC)c(OC)c2)CC1. The molecular weight excluding hydrogens is 324 g/mol. The van der Waals surface area contributed by atoms with Crippen LogP contribution in [-0.2, 0) is 20.7 Å². The molecule has 25 heavy (non-hydrogen) atoms. The molecule has 0 spiro atoms. The highest BCUT2D eigenvalue weighted by Crippen LogP contribution is 2.28. The van der Waals surface area contributed by atoms with Crippen LogP contribution in [0.1, 0.15) is 12.0 Å². The number of piperazine rings is 1. The van der Waals surface area contributed by atoms with Gasteiger partial charge < -0.3 is 24.0 Å². The molecule has 0 aliphatic carbocycles. The Hall–Kier alpha value is -2.28.